The van der Waals surface area contributed by atoms with Crippen LogP contribution in [0.25, 0.3) is 10.9 Å². The summed E-state index contributed by atoms with van der Waals surface area (Å²) in [6.45, 7) is 14.3. The Morgan fingerprint density at radius 1 is 1.15 bits per heavy atom. The molecule has 1 aromatic heterocycles. The van der Waals surface area contributed by atoms with Gasteiger partial charge in [-0.2, -0.15) is 0 Å². The number of fused-ring (bicyclic) bond motifs is 1. The first-order chi connectivity index (χ1) is 15.6. The number of nitrogens with zero attached hydrogens (tertiary/aromatic N) is 2. The maximum absolute atomic E-state index is 16.0. The Morgan fingerprint density at radius 2 is 1.74 bits per heavy atom. The van der Waals surface area contributed by atoms with Crippen molar-refractivity contribution in [2.75, 3.05) is 13.1 Å². The Bertz CT molecular complexity index is 1070. The first kappa shape index (κ1) is 25.3. The standard InChI is InChI=1S/C25H35BClFN2O4/c1-22(2,3)32-21(31)29-12-9-25(28,10-13-29)16-30-11-8-17-14-18(27)15-19(20(17)30)26-33-23(4,5)24(6,7)34-26/h8,11,14-15H,9-10,12-13,16H2,1-7H3. The molecule has 2 fully saturated rings. The van der Waals surface area contributed by atoms with Gasteiger partial charge in [-0.25, -0.2) is 9.18 Å². The molecular weight excluding hydrogens is 458 g/mol. The number of benzene rings is 1. The van der Waals surface area contributed by atoms with E-state index < -0.39 is 35.7 Å². The highest BCUT2D eigenvalue weighted by Gasteiger charge is 2.52. The van der Waals surface area contributed by atoms with Crippen LogP contribution in [-0.4, -0.2) is 58.2 Å². The summed E-state index contributed by atoms with van der Waals surface area (Å²) in [5.41, 5.74) is -1.37. The third kappa shape index (κ3) is 4.95. The fourth-order valence-electron chi connectivity index (χ4n) is 4.51. The molecule has 1 amide bonds. The Kier molecular flexibility index (Phi) is 6.27. The lowest BCUT2D eigenvalue weighted by molar-refractivity contribution is -0.000259. The second-order valence-corrected chi connectivity index (χ2v) is 12.0. The highest BCUT2D eigenvalue weighted by atomic mass is 35.5. The van der Waals surface area contributed by atoms with Crippen LogP contribution in [0.15, 0.2) is 24.4 Å². The van der Waals surface area contributed by atoms with Crippen LogP contribution < -0.4 is 5.46 Å². The van der Waals surface area contributed by atoms with E-state index >= 15 is 4.39 Å². The molecule has 0 atom stereocenters. The van der Waals surface area contributed by atoms with E-state index in [9.17, 15) is 4.79 Å². The highest BCUT2D eigenvalue weighted by molar-refractivity contribution is 6.65. The van der Waals surface area contributed by atoms with E-state index in [4.69, 9.17) is 25.6 Å². The Labute approximate surface area is 206 Å². The minimum atomic E-state index is -1.45. The van der Waals surface area contributed by atoms with E-state index in [2.05, 4.69) is 0 Å². The van der Waals surface area contributed by atoms with Gasteiger partial charge in [0.2, 0.25) is 0 Å². The topological polar surface area (TPSA) is 52.9 Å². The van der Waals surface area contributed by atoms with Crippen LogP contribution >= 0.6 is 11.6 Å². The van der Waals surface area contributed by atoms with Crippen molar-refractivity contribution in [1.82, 2.24) is 9.47 Å². The fourth-order valence-corrected chi connectivity index (χ4v) is 4.74. The van der Waals surface area contributed by atoms with E-state index in [0.29, 0.717) is 18.1 Å². The molecule has 0 saturated carbocycles. The molecule has 186 valence electrons. The molecule has 0 radical (unpaired) electrons. The maximum Gasteiger partial charge on any atom is 0.497 e. The molecule has 0 aliphatic carbocycles. The number of hydrogen-bond acceptors (Lipinski definition) is 4. The van der Waals surface area contributed by atoms with Crippen molar-refractivity contribution < 1.29 is 23.2 Å². The van der Waals surface area contributed by atoms with Crippen molar-refractivity contribution in [3.8, 4) is 0 Å². The van der Waals surface area contributed by atoms with E-state index in [-0.39, 0.29) is 19.4 Å². The second-order valence-electron chi connectivity index (χ2n) is 11.6. The van der Waals surface area contributed by atoms with Crippen molar-refractivity contribution in [3.05, 3.63) is 29.4 Å². The van der Waals surface area contributed by atoms with Crippen LogP contribution in [0, 0.1) is 0 Å². The van der Waals surface area contributed by atoms with Gasteiger partial charge in [-0.3, -0.25) is 0 Å². The number of carbonyl (C=O) groups excluding carboxylic acids is 1. The number of hydrogen-bond donors (Lipinski definition) is 0. The van der Waals surface area contributed by atoms with Crippen LogP contribution in [0.3, 0.4) is 0 Å². The fraction of sp³-hybridized carbons (Fsp3) is 0.640. The van der Waals surface area contributed by atoms with Gasteiger partial charge >= 0.3 is 13.2 Å². The second kappa shape index (κ2) is 8.42. The largest absolute Gasteiger partial charge is 0.497 e. The third-order valence-corrected chi connectivity index (χ3v) is 7.35. The summed E-state index contributed by atoms with van der Waals surface area (Å²) in [5, 5.41) is 1.49. The number of piperidine rings is 1. The molecule has 2 aliphatic heterocycles. The van der Waals surface area contributed by atoms with Crippen LogP contribution in [0.5, 0.6) is 0 Å². The predicted molar refractivity (Wildman–Crippen MR) is 134 cm³/mol. The zero-order valence-corrected chi connectivity index (χ0v) is 22.0. The number of amides is 1. The van der Waals surface area contributed by atoms with Crippen LogP contribution in [0.1, 0.15) is 61.3 Å². The molecule has 0 bridgehead atoms. The Morgan fingerprint density at radius 3 is 2.29 bits per heavy atom. The summed E-state index contributed by atoms with van der Waals surface area (Å²) in [7, 11) is -0.607. The van der Waals surface area contributed by atoms with Gasteiger partial charge in [0.1, 0.15) is 11.3 Å². The summed E-state index contributed by atoms with van der Waals surface area (Å²) >= 11 is 6.42. The highest BCUT2D eigenvalue weighted by Crippen LogP contribution is 2.38. The van der Waals surface area contributed by atoms with Gasteiger partial charge in [0.05, 0.1) is 17.7 Å². The quantitative estimate of drug-likeness (QED) is 0.543. The lowest BCUT2D eigenvalue weighted by Crippen LogP contribution is -2.48. The molecule has 1 aromatic carbocycles. The van der Waals surface area contributed by atoms with Gasteiger partial charge < -0.3 is 23.5 Å². The van der Waals surface area contributed by atoms with E-state index in [1.54, 1.807) is 4.90 Å². The molecule has 2 aromatic rings. The SMILES string of the molecule is CC(C)(C)OC(=O)N1CCC(F)(Cn2ccc3cc(Cl)cc(B4OC(C)(C)C(C)(C)O4)c32)CC1. The number of likely N-dealkylation sites (tertiary alicyclic amines) is 1. The zero-order chi connectivity index (χ0) is 25.1. The summed E-state index contributed by atoms with van der Waals surface area (Å²) in [4.78, 5) is 14.0. The number of aromatic nitrogens is 1. The van der Waals surface area contributed by atoms with Crippen LogP contribution in [0.4, 0.5) is 9.18 Å². The Hall–Kier alpha value is -1.77. The molecule has 3 heterocycles. The average molecular weight is 493 g/mol. The molecule has 34 heavy (non-hydrogen) atoms. The van der Waals surface area contributed by atoms with Gasteiger partial charge in [0.15, 0.2) is 0 Å². The zero-order valence-electron chi connectivity index (χ0n) is 21.2. The van der Waals surface area contributed by atoms with Crippen molar-refractivity contribution in [2.45, 2.75) is 90.3 Å². The van der Waals surface area contributed by atoms with Gasteiger partial charge in [-0.1, -0.05) is 11.6 Å². The monoisotopic (exact) mass is 492 g/mol. The molecule has 0 unspecified atom stereocenters. The number of halogens is 2. The Balaban J connectivity index is 1.57. The van der Waals surface area contributed by atoms with E-state index in [0.717, 1.165) is 16.4 Å². The van der Waals surface area contributed by atoms with Gasteiger partial charge in [0, 0.05) is 53.5 Å². The first-order valence-corrected chi connectivity index (χ1v) is 12.3. The van der Waals surface area contributed by atoms with Crippen molar-refractivity contribution in [2.24, 2.45) is 0 Å². The molecule has 0 N–H and O–H groups in total. The molecule has 0 spiro atoms. The van der Waals surface area contributed by atoms with Gasteiger partial charge in [0.25, 0.3) is 0 Å². The smallest absolute Gasteiger partial charge is 0.444 e. The molecule has 2 saturated heterocycles. The maximum atomic E-state index is 16.0. The number of rotatable bonds is 3. The van der Waals surface area contributed by atoms with Crippen LogP contribution in [-0.2, 0) is 20.6 Å². The first-order valence-electron chi connectivity index (χ1n) is 11.9. The minimum Gasteiger partial charge on any atom is -0.444 e. The minimum absolute atomic E-state index is 0.173. The van der Waals surface area contributed by atoms with Gasteiger partial charge in [-0.05, 0) is 66.7 Å². The number of carbonyl (C=O) groups is 1. The molecule has 4 rings (SSSR count). The van der Waals surface area contributed by atoms with E-state index in [1.165, 1.54) is 0 Å². The normalized spacial score (nSPS) is 21.8. The summed E-state index contributed by atoms with van der Waals surface area (Å²) in [6, 6.07) is 5.66. The van der Waals surface area contributed by atoms with Gasteiger partial charge in [-0.15, -0.1) is 0 Å². The molecule has 9 heteroatoms. The number of alkyl halides is 1. The summed E-state index contributed by atoms with van der Waals surface area (Å²) in [5.74, 6) is 0. The lowest BCUT2D eigenvalue weighted by atomic mass is 9.77. The van der Waals surface area contributed by atoms with Crippen molar-refractivity contribution >= 4 is 41.2 Å². The molecular formula is C25H35BClFN2O4. The van der Waals surface area contributed by atoms with Crippen LogP contribution in [0.2, 0.25) is 5.02 Å². The molecule has 2 aliphatic rings. The predicted octanol–water partition coefficient (Wildman–Crippen LogP) is 5.33. The number of ether oxygens (including phenoxy) is 1. The summed E-state index contributed by atoms with van der Waals surface area (Å²) in [6.07, 6.45) is 1.98. The van der Waals surface area contributed by atoms with Crippen molar-refractivity contribution in [1.29, 1.82) is 0 Å². The van der Waals surface area contributed by atoms with E-state index in [1.807, 2.05) is 77.4 Å². The third-order valence-electron chi connectivity index (χ3n) is 7.13. The summed E-state index contributed by atoms with van der Waals surface area (Å²) < 4.78 is 35.9. The average Bonchev–Trinajstić information content (AvgIpc) is 3.16. The lowest BCUT2D eigenvalue weighted by Gasteiger charge is -2.37. The molecule has 6 nitrogen and oxygen atoms in total. The van der Waals surface area contributed by atoms with Crippen molar-refractivity contribution in [3.63, 3.8) is 0 Å².